The summed E-state index contributed by atoms with van der Waals surface area (Å²) in [6.45, 7) is 1.83. The SMILES string of the molecule is CO[C@@H](C)C(=O)N1N=C(c2cc(F)ccc2F)S[C@]1(CCCN(Cl)C(=N)N)c1ccccc1. The summed E-state index contributed by atoms with van der Waals surface area (Å²) >= 11 is 7.14. The molecule has 3 rings (SSSR count). The number of benzene rings is 2. The maximum absolute atomic E-state index is 14.6. The molecule has 1 aliphatic rings. The number of hydrazone groups is 1. The van der Waals surface area contributed by atoms with Crippen molar-refractivity contribution in [1.29, 1.82) is 5.41 Å². The molecule has 0 bridgehead atoms. The quantitative estimate of drug-likeness (QED) is 0.325. The van der Waals surface area contributed by atoms with Crippen LogP contribution in [-0.2, 0) is 14.4 Å². The Kier molecular flexibility index (Phi) is 7.93. The topological polar surface area (TPSA) is 95.0 Å². The molecule has 1 heterocycles. The van der Waals surface area contributed by atoms with Gasteiger partial charge in [0.15, 0.2) is 0 Å². The Morgan fingerprint density at radius 3 is 2.67 bits per heavy atom. The monoisotopic (exact) mass is 495 g/mol. The number of nitrogens with one attached hydrogen (secondary N) is 1. The Morgan fingerprint density at radius 1 is 1.33 bits per heavy atom. The van der Waals surface area contributed by atoms with Crippen molar-refractivity contribution in [2.45, 2.75) is 30.7 Å². The van der Waals surface area contributed by atoms with Crippen molar-refractivity contribution in [3.63, 3.8) is 0 Å². The van der Waals surface area contributed by atoms with E-state index in [-0.39, 0.29) is 23.1 Å². The van der Waals surface area contributed by atoms with Gasteiger partial charge in [0.2, 0.25) is 5.96 Å². The van der Waals surface area contributed by atoms with E-state index in [0.717, 1.165) is 39.9 Å². The number of ether oxygens (including phenoxy) is 1. The van der Waals surface area contributed by atoms with E-state index in [4.69, 9.17) is 27.7 Å². The van der Waals surface area contributed by atoms with Gasteiger partial charge in [-0.15, -0.1) is 0 Å². The van der Waals surface area contributed by atoms with Crippen LogP contribution in [0.1, 0.15) is 30.9 Å². The molecule has 33 heavy (non-hydrogen) atoms. The molecule has 1 aliphatic heterocycles. The fraction of sp³-hybridized carbons (Fsp3) is 0.318. The number of amides is 1. The van der Waals surface area contributed by atoms with Crippen LogP contribution in [0, 0.1) is 17.0 Å². The summed E-state index contributed by atoms with van der Waals surface area (Å²) in [7, 11) is 1.41. The van der Waals surface area contributed by atoms with Crippen LogP contribution >= 0.6 is 23.5 Å². The zero-order valence-corrected chi connectivity index (χ0v) is 19.7. The van der Waals surface area contributed by atoms with E-state index >= 15 is 0 Å². The van der Waals surface area contributed by atoms with Crippen molar-refractivity contribution in [2.24, 2.45) is 10.8 Å². The number of halogens is 3. The molecule has 11 heteroatoms. The first-order valence-corrected chi connectivity index (χ1v) is 11.3. The number of nitrogens with zero attached hydrogens (tertiary/aromatic N) is 3. The fourth-order valence-corrected chi connectivity index (χ4v) is 4.97. The van der Waals surface area contributed by atoms with Gasteiger partial charge in [-0.1, -0.05) is 42.1 Å². The minimum atomic E-state index is -1.08. The Bertz CT molecular complexity index is 1060. The average Bonchev–Trinajstić information content (AvgIpc) is 3.20. The predicted molar refractivity (Wildman–Crippen MR) is 126 cm³/mol. The van der Waals surface area contributed by atoms with Gasteiger partial charge in [0, 0.05) is 31.0 Å². The average molecular weight is 496 g/mol. The van der Waals surface area contributed by atoms with Crippen molar-refractivity contribution >= 4 is 40.4 Å². The molecule has 0 aromatic heterocycles. The molecule has 3 N–H and O–H groups in total. The molecule has 0 radical (unpaired) electrons. The molecule has 2 atom stereocenters. The third-order valence-electron chi connectivity index (χ3n) is 5.22. The number of carbonyl (C=O) groups is 1. The van der Waals surface area contributed by atoms with E-state index < -0.39 is 28.5 Å². The van der Waals surface area contributed by atoms with E-state index in [1.807, 2.05) is 30.3 Å². The lowest BCUT2D eigenvalue weighted by molar-refractivity contribution is -0.144. The largest absolute Gasteiger partial charge is 0.372 e. The number of hydrogen-bond acceptors (Lipinski definition) is 5. The van der Waals surface area contributed by atoms with Gasteiger partial charge in [0.1, 0.15) is 27.7 Å². The van der Waals surface area contributed by atoms with Crippen molar-refractivity contribution in [2.75, 3.05) is 13.7 Å². The lowest BCUT2D eigenvalue weighted by Gasteiger charge is -2.37. The minimum Gasteiger partial charge on any atom is -0.372 e. The number of thioether (sulfide) groups is 1. The van der Waals surface area contributed by atoms with Crippen LogP contribution in [0.15, 0.2) is 53.6 Å². The summed E-state index contributed by atoms with van der Waals surface area (Å²) in [6, 6.07) is 12.3. The van der Waals surface area contributed by atoms with Crippen LogP contribution in [0.5, 0.6) is 0 Å². The second kappa shape index (κ2) is 10.5. The van der Waals surface area contributed by atoms with Gasteiger partial charge < -0.3 is 10.5 Å². The smallest absolute Gasteiger partial charge is 0.273 e. The third-order valence-corrected chi connectivity index (χ3v) is 7.02. The molecule has 0 unspecified atom stereocenters. The normalized spacial score (nSPS) is 18.7. The first kappa shape index (κ1) is 24.9. The van der Waals surface area contributed by atoms with E-state index in [1.165, 1.54) is 12.1 Å². The first-order chi connectivity index (χ1) is 15.7. The summed E-state index contributed by atoms with van der Waals surface area (Å²) in [4.78, 5) is 12.2. The lowest BCUT2D eigenvalue weighted by atomic mass is 9.99. The second-order valence-electron chi connectivity index (χ2n) is 7.38. The Labute approximate surface area is 200 Å². The summed E-state index contributed by atoms with van der Waals surface area (Å²) in [5.74, 6) is -2.00. The molecule has 0 saturated carbocycles. The number of nitrogens with two attached hydrogens (primary N) is 1. The zero-order valence-electron chi connectivity index (χ0n) is 18.1. The molecule has 176 valence electrons. The van der Waals surface area contributed by atoms with Gasteiger partial charge in [-0.2, -0.15) is 5.10 Å². The molecule has 2 aromatic rings. The first-order valence-electron chi connectivity index (χ1n) is 10.1. The summed E-state index contributed by atoms with van der Waals surface area (Å²) in [5.41, 5.74) is 6.13. The molecule has 7 nitrogen and oxygen atoms in total. The Balaban J connectivity index is 2.09. The number of methoxy groups -OCH3 is 1. The van der Waals surface area contributed by atoms with Gasteiger partial charge in [0.25, 0.3) is 5.91 Å². The Morgan fingerprint density at radius 2 is 2.03 bits per heavy atom. The minimum absolute atomic E-state index is 0.0385. The molecule has 1 amide bonds. The predicted octanol–water partition coefficient (Wildman–Crippen LogP) is 4.22. The van der Waals surface area contributed by atoms with E-state index in [0.29, 0.717) is 12.8 Å². The number of carbonyl (C=O) groups excluding carboxylic acids is 1. The van der Waals surface area contributed by atoms with Gasteiger partial charge in [-0.25, -0.2) is 13.8 Å². The highest BCUT2D eigenvalue weighted by atomic mass is 35.5. The zero-order chi connectivity index (χ0) is 24.2. The standard InChI is InChI=1S/C22H24ClF2N5O2S/c1-14(32-2)20(31)30-22(15-7-4-3-5-8-15,11-6-12-29(23)21(26)27)33-19(28-30)17-13-16(24)9-10-18(17)25/h3-5,7-10,13-14H,6,11-12H2,1-2H3,(H3,26,27)/t14-,22+/m0/s1. The van der Waals surface area contributed by atoms with E-state index in [9.17, 15) is 13.6 Å². The van der Waals surface area contributed by atoms with E-state index in [1.54, 1.807) is 6.92 Å². The lowest BCUT2D eigenvalue weighted by Crippen LogP contribution is -2.46. The molecular weight excluding hydrogens is 472 g/mol. The highest BCUT2D eigenvalue weighted by molar-refractivity contribution is 8.15. The van der Waals surface area contributed by atoms with Gasteiger partial charge in [-0.3, -0.25) is 14.6 Å². The van der Waals surface area contributed by atoms with E-state index in [2.05, 4.69) is 5.10 Å². The van der Waals surface area contributed by atoms with Gasteiger partial charge in [-0.05, 0) is 43.5 Å². The van der Waals surface area contributed by atoms with Crippen LogP contribution in [-0.4, -0.2) is 46.1 Å². The number of guanidine groups is 1. The highest BCUT2D eigenvalue weighted by Gasteiger charge is 2.49. The molecule has 0 aliphatic carbocycles. The van der Waals surface area contributed by atoms with Crippen LogP contribution in [0.25, 0.3) is 0 Å². The molecular formula is C22H24ClF2N5O2S. The maximum atomic E-state index is 14.6. The molecule has 0 fully saturated rings. The van der Waals surface area contributed by atoms with Crippen molar-refractivity contribution in [1.82, 2.24) is 9.43 Å². The summed E-state index contributed by atoms with van der Waals surface area (Å²) in [5, 5.41) is 13.4. The molecule has 2 aromatic carbocycles. The van der Waals surface area contributed by atoms with Gasteiger partial charge in [0.05, 0.1) is 0 Å². The van der Waals surface area contributed by atoms with Crippen molar-refractivity contribution < 1.29 is 18.3 Å². The highest BCUT2D eigenvalue weighted by Crippen LogP contribution is 2.51. The number of hydrogen-bond donors (Lipinski definition) is 2. The summed E-state index contributed by atoms with van der Waals surface area (Å²) < 4.78 is 34.9. The van der Waals surface area contributed by atoms with Gasteiger partial charge >= 0.3 is 0 Å². The van der Waals surface area contributed by atoms with Crippen LogP contribution in [0.4, 0.5) is 8.78 Å². The second-order valence-corrected chi connectivity index (χ2v) is 9.06. The fourth-order valence-electron chi connectivity index (χ4n) is 3.42. The van der Waals surface area contributed by atoms with Crippen molar-refractivity contribution in [3.05, 3.63) is 71.3 Å². The number of rotatable bonds is 8. The van der Waals surface area contributed by atoms with Crippen LogP contribution < -0.4 is 5.73 Å². The Hall–Kier alpha value is -2.69. The molecule has 0 saturated heterocycles. The van der Waals surface area contributed by atoms with Crippen LogP contribution in [0.3, 0.4) is 0 Å². The summed E-state index contributed by atoms with van der Waals surface area (Å²) in [6.07, 6.45) is -0.0645. The third kappa shape index (κ3) is 5.29. The van der Waals surface area contributed by atoms with Crippen molar-refractivity contribution in [3.8, 4) is 0 Å². The van der Waals surface area contributed by atoms with Crippen LogP contribution in [0.2, 0.25) is 0 Å². The molecule has 0 spiro atoms. The maximum Gasteiger partial charge on any atom is 0.273 e.